The summed E-state index contributed by atoms with van der Waals surface area (Å²) in [7, 11) is -3.16. The predicted molar refractivity (Wildman–Crippen MR) is 84.6 cm³/mol. The second-order valence-corrected chi connectivity index (χ2v) is 8.21. The minimum Gasteiger partial charge on any atom is -0.613 e. The summed E-state index contributed by atoms with van der Waals surface area (Å²) in [6, 6.07) is 2.00. The van der Waals surface area contributed by atoms with Crippen LogP contribution in [0, 0.1) is 16.5 Å². The molecule has 0 aromatic carbocycles. The first-order valence-electron chi connectivity index (χ1n) is 7.11. The van der Waals surface area contributed by atoms with Gasteiger partial charge in [-0.15, -0.1) is 11.8 Å². The largest absolute Gasteiger partial charge is 0.613 e. The normalized spacial score (nSPS) is 22.4. The molecule has 0 bridgehead atoms. The Morgan fingerprint density at radius 2 is 2.23 bits per heavy atom. The van der Waals surface area contributed by atoms with Gasteiger partial charge in [0.15, 0.2) is 0 Å². The molecule has 1 saturated heterocycles. The van der Waals surface area contributed by atoms with E-state index in [-0.39, 0.29) is 11.2 Å². The summed E-state index contributed by atoms with van der Waals surface area (Å²) in [6.45, 7) is 1.91. The van der Waals surface area contributed by atoms with E-state index < -0.39 is 10.0 Å². The van der Waals surface area contributed by atoms with E-state index in [1.54, 1.807) is 11.8 Å². The Morgan fingerprint density at radius 3 is 2.82 bits per heavy atom. The minimum absolute atomic E-state index is 0.0255. The predicted octanol–water partition coefficient (Wildman–Crippen LogP) is -1.33. The first kappa shape index (κ1) is 17.5. The lowest BCUT2D eigenvalue weighted by Gasteiger charge is -2.37. The molecule has 0 spiro atoms. The van der Waals surface area contributed by atoms with E-state index in [9.17, 15) is 13.6 Å². The van der Waals surface area contributed by atoms with Crippen molar-refractivity contribution < 1.29 is 13.6 Å². The van der Waals surface area contributed by atoms with Crippen molar-refractivity contribution in [3.63, 3.8) is 0 Å². The Kier molecular flexibility index (Phi) is 6.08. The van der Waals surface area contributed by atoms with Crippen LogP contribution in [-0.4, -0.2) is 62.0 Å². The SMILES string of the molecule is CS(=O)(=O)N1CCC([NH+]([O-])NCCN2CSC=C2C#N)CC1. The number of thioether (sulfide) groups is 1. The average molecular weight is 347 g/mol. The molecule has 8 nitrogen and oxygen atoms in total. The zero-order chi connectivity index (χ0) is 16.2. The Hall–Kier alpha value is -0.830. The summed E-state index contributed by atoms with van der Waals surface area (Å²) in [6.07, 6.45) is 2.31. The zero-order valence-electron chi connectivity index (χ0n) is 12.5. The molecule has 1 atom stereocenters. The Morgan fingerprint density at radius 1 is 1.55 bits per heavy atom. The highest BCUT2D eigenvalue weighted by molar-refractivity contribution is 8.02. The highest BCUT2D eigenvalue weighted by Gasteiger charge is 2.28. The number of nitrogens with one attached hydrogen (secondary N) is 2. The van der Waals surface area contributed by atoms with Crippen LogP contribution in [0.1, 0.15) is 12.8 Å². The van der Waals surface area contributed by atoms with Gasteiger partial charge in [0.2, 0.25) is 10.0 Å². The van der Waals surface area contributed by atoms with Gasteiger partial charge >= 0.3 is 0 Å². The molecule has 1 unspecified atom stereocenters. The van der Waals surface area contributed by atoms with Crippen LogP contribution in [0.25, 0.3) is 0 Å². The van der Waals surface area contributed by atoms with Gasteiger partial charge in [-0.25, -0.2) is 12.7 Å². The third kappa shape index (κ3) is 4.58. The molecule has 22 heavy (non-hydrogen) atoms. The summed E-state index contributed by atoms with van der Waals surface area (Å²) < 4.78 is 24.3. The average Bonchev–Trinajstić information content (AvgIpc) is 2.94. The third-order valence-electron chi connectivity index (χ3n) is 3.86. The van der Waals surface area contributed by atoms with Gasteiger partial charge in [0.05, 0.1) is 18.7 Å². The maximum absolute atomic E-state index is 12.1. The van der Waals surface area contributed by atoms with Crippen LogP contribution in [0.15, 0.2) is 11.1 Å². The smallest absolute Gasteiger partial charge is 0.211 e. The highest BCUT2D eigenvalue weighted by atomic mass is 32.2. The molecule has 2 aliphatic heterocycles. The van der Waals surface area contributed by atoms with Gasteiger partial charge in [-0.3, -0.25) is 5.17 Å². The van der Waals surface area contributed by atoms with Crippen LogP contribution < -0.4 is 10.6 Å². The number of nitriles is 1. The summed E-state index contributed by atoms with van der Waals surface area (Å²) in [5.74, 6) is 0.742. The van der Waals surface area contributed by atoms with E-state index in [0.29, 0.717) is 44.7 Å². The van der Waals surface area contributed by atoms with E-state index in [4.69, 9.17) is 5.26 Å². The van der Waals surface area contributed by atoms with Crippen molar-refractivity contribution in [1.29, 1.82) is 5.26 Å². The summed E-state index contributed by atoms with van der Waals surface area (Å²) in [4.78, 5) is 1.93. The first-order chi connectivity index (χ1) is 10.4. The molecule has 2 heterocycles. The zero-order valence-corrected chi connectivity index (χ0v) is 14.1. The van der Waals surface area contributed by atoms with Crippen LogP contribution in [0.3, 0.4) is 0 Å². The quantitative estimate of drug-likeness (QED) is 0.574. The number of allylic oxidation sites excluding steroid dienone is 1. The van der Waals surface area contributed by atoms with Gasteiger partial charge in [0, 0.05) is 37.9 Å². The fourth-order valence-corrected chi connectivity index (χ4v) is 4.30. The van der Waals surface area contributed by atoms with Crippen molar-refractivity contribution in [2.24, 2.45) is 0 Å². The molecular weight excluding hydrogens is 326 g/mol. The third-order valence-corrected chi connectivity index (χ3v) is 6.01. The summed E-state index contributed by atoms with van der Waals surface area (Å²) in [5.41, 5.74) is 3.52. The second kappa shape index (κ2) is 7.63. The van der Waals surface area contributed by atoms with Crippen molar-refractivity contribution in [2.75, 3.05) is 38.3 Å². The Labute approximate surface area is 135 Å². The van der Waals surface area contributed by atoms with E-state index in [1.807, 2.05) is 10.3 Å². The molecule has 2 rings (SSSR count). The van der Waals surface area contributed by atoms with Crippen LogP contribution >= 0.6 is 11.8 Å². The van der Waals surface area contributed by atoms with Gasteiger partial charge in [0.25, 0.3) is 0 Å². The molecule has 0 aromatic rings. The van der Waals surface area contributed by atoms with Crippen molar-refractivity contribution in [2.45, 2.75) is 18.9 Å². The van der Waals surface area contributed by atoms with Gasteiger partial charge < -0.3 is 10.1 Å². The van der Waals surface area contributed by atoms with E-state index in [2.05, 4.69) is 11.5 Å². The number of hydroxylamine groups is 1. The number of hydrogen-bond acceptors (Lipinski definition) is 7. The number of hydrogen-bond donors (Lipinski definition) is 2. The lowest BCUT2D eigenvalue weighted by Crippen LogP contribution is -3.18. The van der Waals surface area contributed by atoms with Crippen LogP contribution in [0.4, 0.5) is 0 Å². The molecule has 10 heteroatoms. The van der Waals surface area contributed by atoms with Crippen molar-refractivity contribution in [3.05, 3.63) is 16.3 Å². The Bertz CT molecular complexity index is 552. The molecule has 1 fully saturated rings. The molecule has 0 saturated carbocycles. The van der Waals surface area contributed by atoms with E-state index in [0.717, 1.165) is 5.88 Å². The van der Waals surface area contributed by atoms with Crippen molar-refractivity contribution in [1.82, 2.24) is 14.6 Å². The maximum atomic E-state index is 12.1. The fraction of sp³-hybridized carbons (Fsp3) is 0.750. The van der Waals surface area contributed by atoms with E-state index >= 15 is 0 Å². The molecule has 0 aromatic heterocycles. The molecule has 2 aliphatic rings. The monoisotopic (exact) mass is 347 g/mol. The van der Waals surface area contributed by atoms with Crippen molar-refractivity contribution in [3.8, 4) is 6.07 Å². The van der Waals surface area contributed by atoms with Crippen LogP contribution in [0.2, 0.25) is 0 Å². The van der Waals surface area contributed by atoms with Gasteiger partial charge in [-0.1, -0.05) is 0 Å². The Balaban J connectivity index is 1.70. The fourth-order valence-electron chi connectivity index (χ4n) is 2.54. The molecule has 2 N–H and O–H groups in total. The number of sulfonamides is 1. The molecule has 124 valence electrons. The molecule has 0 aliphatic carbocycles. The van der Waals surface area contributed by atoms with E-state index in [1.165, 1.54) is 10.6 Å². The number of piperidine rings is 1. The summed E-state index contributed by atoms with van der Waals surface area (Å²) >= 11 is 1.57. The highest BCUT2D eigenvalue weighted by Crippen LogP contribution is 2.21. The number of rotatable bonds is 6. The molecule has 0 radical (unpaired) electrons. The number of nitrogens with zero attached hydrogens (tertiary/aromatic N) is 3. The second-order valence-electron chi connectivity index (χ2n) is 5.40. The molecule has 0 amide bonds. The van der Waals surface area contributed by atoms with Gasteiger partial charge in [0.1, 0.15) is 17.8 Å². The van der Waals surface area contributed by atoms with Crippen molar-refractivity contribution >= 4 is 21.8 Å². The minimum atomic E-state index is -3.16. The lowest BCUT2D eigenvalue weighted by atomic mass is 10.1. The topological polar surface area (TPSA) is 104 Å². The first-order valence-corrected chi connectivity index (χ1v) is 10.0. The van der Waals surface area contributed by atoms with Crippen LogP contribution in [0.5, 0.6) is 0 Å². The standard InChI is InChI=1S/C12H21N5O3S2/c1-22(19,20)16-5-2-11(3-6-16)17(18)14-4-7-15-10-21-9-12(15)8-13/h9,11,14,17H,2-7,10H2,1H3. The molecular formula is C12H21N5O3S2. The lowest BCUT2D eigenvalue weighted by molar-refractivity contribution is -0.922. The summed E-state index contributed by atoms with van der Waals surface area (Å²) in [5, 5.41) is 22.8. The maximum Gasteiger partial charge on any atom is 0.211 e. The van der Waals surface area contributed by atoms with Gasteiger partial charge in [-0.05, 0) is 0 Å². The van der Waals surface area contributed by atoms with Crippen LogP contribution in [-0.2, 0) is 10.0 Å². The van der Waals surface area contributed by atoms with Gasteiger partial charge in [-0.2, -0.15) is 10.7 Å². The number of quaternary nitrogens is 1.